The molecule has 0 radical (unpaired) electrons. The van der Waals surface area contributed by atoms with E-state index in [2.05, 4.69) is 10.3 Å². The first-order chi connectivity index (χ1) is 9.02. The van der Waals surface area contributed by atoms with Crippen LogP contribution in [0.4, 0.5) is 0 Å². The van der Waals surface area contributed by atoms with E-state index in [-0.39, 0.29) is 18.8 Å². The molecule has 0 aliphatic heterocycles. The van der Waals surface area contributed by atoms with E-state index in [0.29, 0.717) is 21.3 Å². The SMILES string of the molecule is NCc1c(C(=O)O)nnn1Cc1cc(Cl)ccc1Cl. The molecule has 2 rings (SSSR count). The molecular formula is C11H10Cl2N4O2. The Morgan fingerprint density at radius 3 is 2.79 bits per heavy atom. The highest BCUT2D eigenvalue weighted by Crippen LogP contribution is 2.22. The lowest BCUT2D eigenvalue weighted by atomic mass is 10.2. The summed E-state index contributed by atoms with van der Waals surface area (Å²) in [7, 11) is 0. The van der Waals surface area contributed by atoms with E-state index in [1.54, 1.807) is 18.2 Å². The number of carboxylic acids is 1. The lowest BCUT2D eigenvalue weighted by Crippen LogP contribution is -2.13. The van der Waals surface area contributed by atoms with Crippen LogP contribution in [-0.2, 0) is 13.1 Å². The van der Waals surface area contributed by atoms with Crippen LogP contribution in [0.3, 0.4) is 0 Å². The largest absolute Gasteiger partial charge is 0.476 e. The second-order valence-corrected chi connectivity index (χ2v) is 4.63. The highest BCUT2D eigenvalue weighted by atomic mass is 35.5. The summed E-state index contributed by atoms with van der Waals surface area (Å²) in [5.41, 5.74) is 6.43. The summed E-state index contributed by atoms with van der Waals surface area (Å²) in [5, 5.41) is 17.4. The minimum absolute atomic E-state index is 0.0207. The van der Waals surface area contributed by atoms with Gasteiger partial charge in [-0.25, -0.2) is 9.48 Å². The molecule has 1 aromatic heterocycles. The minimum Gasteiger partial charge on any atom is -0.476 e. The number of rotatable bonds is 4. The second-order valence-electron chi connectivity index (χ2n) is 3.79. The monoisotopic (exact) mass is 300 g/mol. The van der Waals surface area contributed by atoms with Crippen LogP contribution in [0.5, 0.6) is 0 Å². The van der Waals surface area contributed by atoms with Gasteiger partial charge in [0.2, 0.25) is 0 Å². The van der Waals surface area contributed by atoms with Crippen molar-refractivity contribution >= 4 is 29.2 Å². The van der Waals surface area contributed by atoms with E-state index in [4.69, 9.17) is 34.0 Å². The van der Waals surface area contributed by atoms with Gasteiger partial charge in [-0.3, -0.25) is 0 Å². The molecule has 3 N–H and O–H groups in total. The third kappa shape index (κ3) is 2.86. The standard InChI is InChI=1S/C11H10Cl2N4O2/c12-7-1-2-8(13)6(3-7)5-17-9(4-14)10(11(18)19)15-16-17/h1-3H,4-5,14H2,(H,18,19). The van der Waals surface area contributed by atoms with Crippen LogP contribution in [0.25, 0.3) is 0 Å². The maximum Gasteiger partial charge on any atom is 0.358 e. The molecule has 0 fully saturated rings. The Hall–Kier alpha value is -1.63. The lowest BCUT2D eigenvalue weighted by Gasteiger charge is -2.07. The molecule has 0 spiro atoms. The number of halogens is 2. The predicted octanol–water partition coefficient (Wildman–Crippen LogP) is 1.79. The maximum atomic E-state index is 10.9. The van der Waals surface area contributed by atoms with Crippen LogP contribution in [0, 0.1) is 0 Å². The fourth-order valence-electron chi connectivity index (χ4n) is 1.65. The predicted molar refractivity (Wildman–Crippen MR) is 70.4 cm³/mol. The molecule has 0 bridgehead atoms. The molecule has 6 nitrogen and oxygen atoms in total. The van der Waals surface area contributed by atoms with Gasteiger partial charge >= 0.3 is 5.97 Å². The Bertz CT molecular complexity index is 627. The van der Waals surface area contributed by atoms with Crippen molar-refractivity contribution in [2.75, 3.05) is 0 Å². The van der Waals surface area contributed by atoms with E-state index in [1.807, 2.05) is 0 Å². The summed E-state index contributed by atoms with van der Waals surface area (Å²) in [5.74, 6) is -1.16. The molecule has 2 aromatic rings. The molecule has 19 heavy (non-hydrogen) atoms. The van der Waals surface area contributed by atoms with E-state index in [9.17, 15) is 4.79 Å². The van der Waals surface area contributed by atoms with Crippen LogP contribution < -0.4 is 5.73 Å². The fraction of sp³-hybridized carbons (Fsp3) is 0.182. The smallest absolute Gasteiger partial charge is 0.358 e. The van der Waals surface area contributed by atoms with Gasteiger partial charge in [-0.2, -0.15) is 0 Å². The first-order valence-corrected chi connectivity index (χ1v) is 6.08. The van der Waals surface area contributed by atoms with Gasteiger partial charge in [0.15, 0.2) is 5.69 Å². The van der Waals surface area contributed by atoms with Crippen molar-refractivity contribution in [2.24, 2.45) is 5.73 Å². The number of carboxylic acid groups (broad SMARTS) is 1. The number of nitrogens with two attached hydrogens (primary N) is 1. The number of aromatic nitrogens is 3. The van der Waals surface area contributed by atoms with Gasteiger partial charge in [0.05, 0.1) is 12.2 Å². The molecule has 100 valence electrons. The number of nitrogens with zero attached hydrogens (tertiary/aromatic N) is 3. The summed E-state index contributed by atoms with van der Waals surface area (Å²) >= 11 is 11.9. The van der Waals surface area contributed by atoms with Gasteiger partial charge in [-0.15, -0.1) is 5.10 Å². The third-order valence-corrected chi connectivity index (χ3v) is 3.17. The molecule has 0 unspecified atom stereocenters. The fourth-order valence-corrected chi connectivity index (χ4v) is 2.03. The lowest BCUT2D eigenvalue weighted by molar-refractivity contribution is 0.0689. The molecule has 0 atom stereocenters. The van der Waals surface area contributed by atoms with Gasteiger partial charge in [-0.05, 0) is 23.8 Å². The van der Waals surface area contributed by atoms with Crippen molar-refractivity contribution in [2.45, 2.75) is 13.1 Å². The summed E-state index contributed by atoms with van der Waals surface area (Å²) in [6.07, 6.45) is 0. The number of aromatic carboxylic acids is 1. The summed E-state index contributed by atoms with van der Waals surface area (Å²) < 4.78 is 1.40. The van der Waals surface area contributed by atoms with Gasteiger partial charge in [0, 0.05) is 16.6 Å². The Morgan fingerprint density at radius 2 is 2.16 bits per heavy atom. The molecule has 8 heteroatoms. The van der Waals surface area contributed by atoms with Crippen LogP contribution in [0.15, 0.2) is 18.2 Å². The molecule has 0 aliphatic carbocycles. The quantitative estimate of drug-likeness (QED) is 0.898. The Labute approximate surface area is 118 Å². The molecule has 0 saturated heterocycles. The number of carbonyl (C=O) groups is 1. The zero-order valence-electron chi connectivity index (χ0n) is 9.68. The topological polar surface area (TPSA) is 94.0 Å². The van der Waals surface area contributed by atoms with E-state index < -0.39 is 5.97 Å². The minimum atomic E-state index is -1.16. The zero-order valence-corrected chi connectivity index (χ0v) is 11.2. The number of benzene rings is 1. The molecule has 1 heterocycles. The average molecular weight is 301 g/mol. The maximum absolute atomic E-state index is 10.9. The van der Waals surface area contributed by atoms with Crippen LogP contribution >= 0.6 is 23.2 Å². The molecular weight excluding hydrogens is 291 g/mol. The molecule has 1 aromatic carbocycles. The molecule has 0 aliphatic rings. The summed E-state index contributed by atoms with van der Waals surface area (Å²) in [6, 6.07) is 5.02. The van der Waals surface area contributed by atoms with Crippen LogP contribution in [-0.4, -0.2) is 26.1 Å². The van der Waals surface area contributed by atoms with Crippen molar-refractivity contribution in [1.82, 2.24) is 15.0 Å². The van der Waals surface area contributed by atoms with Gasteiger partial charge in [0.25, 0.3) is 0 Å². The number of hydrogen-bond donors (Lipinski definition) is 2. The van der Waals surface area contributed by atoms with Crippen molar-refractivity contribution < 1.29 is 9.90 Å². The highest BCUT2D eigenvalue weighted by molar-refractivity contribution is 6.33. The number of hydrogen-bond acceptors (Lipinski definition) is 4. The van der Waals surface area contributed by atoms with Crippen LogP contribution in [0.2, 0.25) is 10.0 Å². The Kier molecular flexibility index (Phi) is 4.04. The first-order valence-electron chi connectivity index (χ1n) is 5.32. The summed E-state index contributed by atoms with van der Waals surface area (Å²) in [6.45, 7) is 0.277. The second kappa shape index (κ2) is 5.56. The van der Waals surface area contributed by atoms with Crippen molar-refractivity contribution in [3.05, 3.63) is 45.2 Å². The van der Waals surface area contributed by atoms with Gasteiger partial charge in [0.1, 0.15) is 0 Å². The zero-order chi connectivity index (χ0) is 14.0. The first kappa shape index (κ1) is 13.8. The Balaban J connectivity index is 2.38. The summed E-state index contributed by atoms with van der Waals surface area (Å²) in [4.78, 5) is 10.9. The van der Waals surface area contributed by atoms with Gasteiger partial charge < -0.3 is 10.8 Å². The Morgan fingerprint density at radius 1 is 1.42 bits per heavy atom. The van der Waals surface area contributed by atoms with E-state index in [1.165, 1.54) is 4.68 Å². The van der Waals surface area contributed by atoms with Crippen LogP contribution in [0.1, 0.15) is 21.7 Å². The van der Waals surface area contributed by atoms with Crippen molar-refractivity contribution in [3.8, 4) is 0 Å². The normalized spacial score (nSPS) is 10.7. The van der Waals surface area contributed by atoms with Gasteiger partial charge in [-0.1, -0.05) is 28.4 Å². The average Bonchev–Trinajstić information content (AvgIpc) is 2.76. The van der Waals surface area contributed by atoms with E-state index in [0.717, 1.165) is 0 Å². The molecule has 0 amide bonds. The van der Waals surface area contributed by atoms with E-state index >= 15 is 0 Å². The van der Waals surface area contributed by atoms with Crippen molar-refractivity contribution in [3.63, 3.8) is 0 Å². The third-order valence-electron chi connectivity index (χ3n) is 2.56. The van der Waals surface area contributed by atoms with Crippen molar-refractivity contribution in [1.29, 1.82) is 0 Å². The molecule has 0 saturated carbocycles. The highest BCUT2D eigenvalue weighted by Gasteiger charge is 2.18.